The van der Waals surface area contributed by atoms with Crippen molar-refractivity contribution >= 4 is 30.7 Å². The number of pyridine rings is 1. The van der Waals surface area contributed by atoms with Crippen LogP contribution in [-0.4, -0.2) is 64.8 Å². The summed E-state index contributed by atoms with van der Waals surface area (Å²) >= 11 is 0. The van der Waals surface area contributed by atoms with Crippen molar-refractivity contribution < 1.29 is 14.1 Å². The summed E-state index contributed by atoms with van der Waals surface area (Å²) in [7, 11) is 0. The van der Waals surface area contributed by atoms with E-state index < -0.39 is 0 Å². The van der Waals surface area contributed by atoms with Crippen LogP contribution in [0.15, 0.2) is 28.9 Å². The fourth-order valence-corrected chi connectivity index (χ4v) is 3.47. The molecule has 2 aromatic heterocycles. The van der Waals surface area contributed by atoms with Gasteiger partial charge < -0.3 is 19.5 Å². The monoisotopic (exact) mass is 429 g/mol. The second-order valence-electron chi connectivity index (χ2n) is 6.76. The first-order valence-electron chi connectivity index (χ1n) is 9.13. The van der Waals surface area contributed by atoms with E-state index in [-0.39, 0.29) is 42.7 Å². The summed E-state index contributed by atoms with van der Waals surface area (Å²) < 4.78 is 10.9. The SMILES string of the molecule is Cl.Cl.O=C(CC1COCCN1)N1CCC(c2nc(-c3ccccn3)no2)CC1. The van der Waals surface area contributed by atoms with Crippen molar-refractivity contribution in [1.82, 2.24) is 25.3 Å². The number of hydrogen-bond acceptors (Lipinski definition) is 7. The van der Waals surface area contributed by atoms with Crippen molar-refractivity contribution in [2.75, 3.05) is 32.8 Å². The predicted molar refractivity (Wildman–Crippen MR) is 108 cm³/mol. The summed E-state index contributed by atoms with van der Waals surface area (Å²) in [6.45, 7) is 3.59. The van der Waals surface area contributed by atoms with Gasteiger partial charge in [-0.15, -0.1) is 24.8 Å². The minimum Gasteiger partial charge on any atom is -0.378 e. The molecule has 0 aromatic carbocycles. The molecular weight excluding hydrogens is 405 g/mol. The minimum absolute atomic E-state index is 0. The Labute approximate surface area is 176 Å². The molecule has 2 aliphatic rings. The van der Waals surface area contributed by atoms with E-state index in [2.05, 4.69) is 20.4 Å². The molecule has 0 saturated carbocycles. The van der Waals surface area contributed by atoms with Gasteiger partial charge in [0.15, 0.2) is 0 Å². The maximum atomic E-state index is 12.5. The van der Waals surface area contributed by atoms with Gasteiger partial charge >= 0.3 is 0 Å². The van der Waals surface area contributed by atoms with Crippen molar-refractivity contribution in [2.45, 2.75) is 31.2 Å². The molecular formula is C18H25Cl2N5O3. The largest absolute Gasteiger partial charge is 0.378 e. The number of morpholine rings is 1. The molecule has 4 heterocycles. The first-order valence-corrected chi connectivity index (χ1v) is 9.13. The van der Waals surface area contributed by atoms with Crippen LogP contribution >= 0.6 is 24.8 Å². The Kier molecular flexibility index (Phi) is 8.62. The number of amides is 1. The number of nitrogens with zero attached hydrogens (tertiary/aromatic N) is 4. The van der Waals surface area contributed by atoms with Crippen LogP contribution in [0.25, 0.3) is 11.5 Å². The summed E-state index contributed by atoms with van der Waals surface area (Å²) in [6, 6.07) is 5.74. The Morgan fingerprint density at radius 1 is 1.25 bits per heavy atom. The summed E-state index contributed by atoms with van der Waals surface area (Å²) in [5, 5.41) is 7.37. The van der Waals surface area contributed by atoms with Gasteiger partial charge in [-0.3, -0.25) is 9.78 Å². The highest BCUT2D eigenvalue weighted by molar-refractivity contribution is 5.85. The van der Waals surface area contributed by atoms with Gasteiger partial charge in [0.2, 0.25) is 17.6 Å². The predicted octanol–water partition coefficient (Wildman–Crippen LogP) is 2.06. The van der Waals surface area contributed by atoms with E-state index >= 15 is 0 Å². The average molecular weight is 430 g/mol. The zero-order valence-corrected chi connectivity index (χ0v) is 17.1. The van der Waals surface area contributed by atoms with Gasteiger partial charge in [-0.1, -0.05) is 11.2 Å². The Morgan fingerprint density at radius 2 is 2.07 bits per heavy atom. The van der Waals surface area contributed by atoms with E-state index in [0.717, 1.165) is 39.1 Å². The third-order valence-electron chi connectivity index (χ3n) is 4.95. The van der Waals surface area contributed by atoms with Gasteiger partial charge in [-0.05, 0) is 25.0 Å². The van der Waals surface area contributed by atoms with Crippen LogP contribution in [0.5, 0.6) is 0 Å². The molecule has 28 heavy (non-hydrogen) atoms. The highest BCUT2D eigenvalue weighted by Gasteiger charge is 2.29. The van der Waals surface area contributed by atoms with E-state index in [9.17, 15) is 4.79 Å². The van der Waals surface area contributed by atoms with Gasteiger partial charge in [0, 0.05) is 44.2 Å². The maximum absolute atomic E-state index is 12.5. The molecule has 2 aromatic rings. The Bertz CT molecular complexity index is 732. The maximum Gasteiger partial charge on any atom is 0.230 e. The third kappa shape index (κ3) is 5.41. The zero-order valence-electron chi connectivity index (χ0n) is 15.5. The number of hydrogen-bond donors (Lipinski definition) is 1. The molecule has 0 aliphatic carbocycles. The summed E-state index contributed by atoms with van der Waals surface area (Å²) in [5.41, 5.74) is 0.706. The molecule has 4 rings (SSSR count). The van der Waals surface area contributed by atoms with Crippen molar-refractivity contribution in [1.29, 1.82) is 0 Å². The Morgan fingerprint density at radius 3 is 2.75 bits per heavy atom. The van der Waals surface area contributed by atoms with Crippen LogP contribution in [0, 0.1) is 0 Å². The van der Waals surface area contributed by atoms with E-state index in [0.29, 0.717) is 30.4 Å². The normalized spacial score (nSPS) is 20.1. The first kappa shape index (κ1) is 22.5. The number of carbonyl (C=O) groups is 1. The van der Waals surface area contributed by atoms with Crippen LogP contribution < -0.4 is 5.32 Å². The molecule has 10 heteroatoms. The molecule has 0 radical (unpaired) electrons. The molecule has 1 amide bonds. The van der Waals surface area contributed by atoms with E-state index in [1.165, 1.54) is 0 Å². The van der Waals surface area contributed by atoms with Crippen molar-refractivity contribution in [3.05, 3.63) is 30.3 Å². The lowest BCUT2D eigenvalue weighted by molar-refractivity contribution is -0.133. The fraction of sp³-hybridized carbons (Fsp3) is 0.556. The average Bonchev–Trinajstić information content (AvgIpc) is 3.20. The molecule has 2 saturated heterocycles. The van der Waals surface area contributed by atoms with Crippen LogP contribution in [-0.2, 0) is 9.53 Å². The van der Waals surface area contributed by atoms with Crippen molar-refractivity contribution in [3.63, 3.8) is 0 Å². The van der Waals surface area contributed by atoms with Gasteiger partial charge in [0.05, 0.1) is 13.2 Å². The van der Waals surface area contributed by atoms with Crippen molar-refractivity contribution in [3.8, 4) is 11.5 Å². The number of carbonyl (C=O) groups excluding carboxylic acids is 1. The molecule has 0 bridgehead atoms. The molecule has 2 aliphatic heterocycles. The molecule has 154 valence electrons. The summed E-state index contributed by atoms with van der Waals surface area (Å²) in [5.74, 6) is 1.54. The lowest BCUT2D eigenvalue weighted by Crippen LogP contribution is -2.46. The number of nitrogens with one attached hydrogen (secondary N) is 1. The van der Waals surface area contributed by atoms with Gasteiger partial charge in [0.25, 0.3) is 0 Å². The van der Waals surface area contributed by atoms with Gasteiger partial charge in [-0.2, -0.15) is 4.98 Å². The summed E-state index contributed by atoms with van der Waals surface area (Å²) in [4.78, 5) is 23.1. The second kappa shape index (κ2) is 10.7. The molecule has 2 fully saturated rings. The van der Waals surface area contributed by atoms with Gasteiger partial charge in [0.1, 0.15) is 5.69 Å². The molecule has 8 nitrogen and oxygen atoms in total. The van der Waals surface area contributed by atoms with E-state index in [1.807, 2.05) is 23.1 Å². The number of likely N-dealkylation sites (tertiary alicyclic amines) is 1. The third-order valence-corrected chi connectivity index (χ3v) is 4.95. The lowest BCUT2D eigenvalue weighted by Gasteiger charge is -2.32. The molecule has 0 spiro atoms. The second-order valence-corrected chi connectivity index (χ2v) is 6.76. The Balaban J connectivity index is 0.00000140. The number of ether oxygens (including phenoxy) is 1. The topological polar surface area (TPSA) is 93.4 Å². The van der Waals surface area contributed by atoms with Crippen LogP contribution in [0.1, 0.15) is 31.1 Å². The molecule has 1 N–H and O–H groups in total. The smallest absolute Gasteiger partial charge is 0.230 e. The highest BCUT2D eigenvalue weighted by atomic mass is 35.5. The van der Waals surface area contributed by atoms with E-state index in [4.69, 9.17) is 9.26 Å². The number of halogens is 2. The Hall–Kier alpha value is -1.74. The summed E-state index contributed by atoms with van der Waals surface area (Å²) in [6.07, 6.45) is 3.88. The minimum atomic E-state index is 0. The fourth-order valence-electron chi connectivity index (χ4n) is 3.47. The van der Waals surface area contributed by atoms with Crippen LogP contribution in [0.3, 0.4) is 0 Å². The van der Waals surface area contributed by atoms with Crippen LogP contribution in [0.4, 0.5) is 0 Å². The number of piperidine rings is 1. The van der Waals surface area contributed by atoms with E-state index in [1.54, 1.807) is 6.20 Å². The standard InChI is InChI=1S/C18H23N5O3.2ClH/c24-16(11-14-12-25-10-7-19-14)23-8-4-13(5-9-23)18-21-17(22-26-18)15-3-1-2-6-20-15;;/h1-3,6,13-14,19H,4-5,7-12H2;2*1H. The molecule has 1 unspecified atom stereocenters. The van der Waals surface area contributed by atoms with Gasteiger partial charge in [-0.25, -0.2) is 0 Å². The molecule has 1 atom stereocenters. The zero-order chi connectivity index (χ0) is 17.8. The number of rotatable bonds is 4. The lowest BCUT2D eigenvalue weighted by atomic mass is 9.96. The highest BCUT2D eigenvalue weighted by Crippen LogP contribution is 2.28. The number of aromatic nitrogens is 3. The van der Waals surface area contributed by atoms with Crippen LogP contribution in [0.2, 0.25) is 0 Å². The first-order chi connectivity index (χ1) is 12.8. The van der Waals surface area contributed by atoms with Crippen molar-refractivity contribution in [2.24, 2.45) is 0 Å². The quantitative estimate of drug-likeness (QED) is 0.794.